The average Bonchev–Trinajstić information content (AvgIpc) is 3.60. The molecule has 2 nitrogen and oxygen atoms in total. The number of hydrogen-bond donors (Lipinski definition) is 0. The Kier molecular flexibility index (Phi) is 7.85. The quantitative estimate of drug-likeness (QED) is 0.162. The molecule has 0 fully saturated rings. The van der Waals surface area contributed by atoms with E-state index in [0.29, 0.717) is 0 Å². The zero-order chi connectivity index (χ0) is 35.8. The van der Waals surface area contributed by atoms with Crippen molar-refractivity contribution in [3.63, 3.8) is 0 Å². The number of hydrogen-bond acceptors (Lipinski definition) is 1. The van der Waals surface area contributed by atoms with Crippen LogP contribution in [0.1, 0.15) is 0 Å². The van der Waals surface area contributed by atoms with Gasteiger partial charge in [-0.15, -0.1) is 0 Å². The molecule has 0 saturated heterocycles. The maximum atomic E-state index is 2.40. The molecule has 0 spiro atoms. The molecule has 0 amide bonds. The molecule has 2 heteroatoms. The van der Waals surface area contributed by atoms with Crippen molar-refractivity contribution in [2.24, 2.45) is 0 Å². The molecular formula is C52H36N2. The standard InChI is InChI=1S/C52H36N2/c1-3-13-37(14-4-1)38-23-30-43(31-24-38)53(49-21-11-9-18-46(49)41-15-5-2-6-16-41)44-32-25-39(26-33-44)40-27-34-45(35-28-40)54-50-22-12-10-20-48(50)52-47-19-8-7-17-42(47)29-36-51(52)54/h1-36H. The summed E-state index contributed by atoms with van der Waals surface area (Å²) >= 11 is 0. The normalized spacial score (nSPS) is 11.3. The lowest BCUT2D eigenvalue weighted by molar-refractivity contribution is 1.18. The van der Waals surface area contributed by atoms with Crippen LogP contribution in [0.4, 0.5) is 17.1 Å². The first kappa shape index (κ1) is 31.6. The highest BCUT2D eigenvalue weighted by molar-refractivity contribution is 6.21. The summed E-state index contributed by atoms with van der Waals surface area (Å²) in [4.78, 5) is 2.37. The smallest absolute Gasteiger partial charge is 0.0547 e. The van der Waals surface area contributed by atoms with Gasteiger partial charge >= 0.3 is 0 Å². The fourth-order valence-electron chi connectivity index (χ4n) is 8.01. The van der Waals surface area contributed by atoms with Crippen LogP contribution < -0.4 is 4.90 Å². The summed E-state index contributed by atoms with van der Waals surface area (Å²) in [5.74, 6) is 0. The van der Waals surface area contributed by atoms with E-state index in [2.05, 4.69) is 228 Å². The van der Waals surface area contributed by atoms with Gasteiger partial charge in [0.15, 0.2) is 0 Å². The number of para-hydroxylation sites is 2. The van der Waals surface area contributed by atoms with Crippen molar-refractivity contribution in [1.29, 1.82) is 0 Å². The molecule has 0 bridgehead atoms. The second kappa shape index (κ2) is 13.4. The van der Waals surface area contributed by atoms with Gasteiger partial charge in [-0.1, -0.05) is 164 Å². The second-order valence-corrected chi connectivity index (χ2v) is 13.8. The third-order valence-corrected chi connectivity index (χ3v) is 10.6. The van der Waals surface area contributed by atoms with E-state index in [0.717, 1.165) is 22.7 Å². The lowest BCUT2D eigenvalue weighted by atomic mass is 10.0. The predicted octanol–water partition coefficient (Wildman–Crippen LogP) is 14.4. The minimum Gasteiger partial charge on any atom is -0.310 e. The average molecular weight is 689 g/mol. The Hall–Kier alpha value is -7.16. The van der Waals surface area contributed by atoms with E-state index in [9.17, 15) is 0 Å². The Morgan fingerprint density at radius 3 is 1.48 bits per heavy atom. The highest BCUT2D eigenvalue weighted by atomic mass is 15.1. The lowest BCUT2D eigenvalue weighted by Gasteiger charge is -2.28. The van der Waals surface area contributed by atoms with Gasteiger partial charge in [-0.2, -0.15) is 0 Å². The summed E-state index contributed by atoms with van der Waals surface area (Å²) in [5, 5.41) is 5.13. The van der Waals surface area contributed by atoms with Crippen molar-refractivity contribution in [2.45, 2.75) is 0 Å². The van der Waals surface area contributed by atoms with Crippen molar-refractivity contribution >= 4 is 49.6 Å². The molecule has 0 unspecified atom stereocenters. The van der Waals surface area contributed by atoms with Gasteiger partial charge in [-0.3, -0.25) is 0 Å². The molecule has 254 valence electrons. The van der Waals surface area contributed by atoms with E-state index < -0.39 is 0 Å². The third kappa shape index (κ3) is 5.53. The first-order valence-electron chi connectivity index (χ1n) is 18.5. The van der Waals surface area contributed by atoms with E-state index in [1.165, 1.54) is 66.0 Å². The van der Waals surface area contributed by atoms with Gasteiger partial charge in [0.2, 0.25) is 0 Å². The van der Waals surface area contributed by atoms with Crippen LogP contribution in [-0.4, -0.2) is 4.57 Å². The zero-order valence-electron chi connectivity index (χ0n) is 29.7. The summed E-state index contributed by atoms with van der Waals surface area (Å²) in [6.07, 6.45) is 0. The molecule has 0 aliphatic rings. The topological polar surface area (TPSA) is 8.17 Å². The largest absolute Gasteiger partial charge is 0.310 e. The van der Waals surface area contributed by atoms with Crippen molar-refractivity contribution in [3.8, 4) is 39.1 Å². The molecule has 0 N–H and O–H groups in total. The van der Waals surface area contributed by atoms with Crippen LogP contribution in [0.15, 0.2) is 218 Å². The van der Waals surface area contributed by atoms with Crippen molar-refractivity contribution in [2.75, 3.05) is 4.90 Å². The molecule has 10 rings (SSSR count). The van der Waals surface area contributed by atoms with Gasteiger partial charge < -0.3 is 9.47 Å². The Morgan fingerprint density at radius 2 is 0.815 bits per heavy atom. The summed E-state index contributed by atoms with van der Waals surface area (Å²) in [5.41, 5.74) is 14.1. The van der Waals surface area contributed by atoms with Crippen LogP contribution in [0.25, 0.3) is 71.6 Å². The van der Waals surface area contributed by atoms with E-state index in [1.807, 2.05) is 0 Å². The number of anilines is 3. The molecule has 0 aliphatic carbocycles. The van der Waals surface area contributed by atoms with Crippen molar-refractivity contribution in [3.05, 3.63) is 218 Å². The Balaban J connectivity index is 1.03. The number of fused-ring (bicyclic) bond motifs is 5. The van der Waals surface area contributed by atoms with Crippen molar-refractivity contribution in [1.82, 2.24) is 4.57 Å². The minimum absolute atomic E-state index is 1.10. The molecule has 0 saturated carbocycles. The minimum atomic E-state index is 1.10. The maximum Gasteiger partial charge on any atom is 0.0547 e. The van der Waals surface area contributed by atoms with Gasteiger partial charge in [0.1, 0.15) is 0 Å². The number of rotatable bonds is 7. The monoisotopic (exact) mass is 688 g/mol. The summed E-state index contributed by atoms with van der Waals surface area (Å²) < 4.78 is 2.40. The Labute approximate surface area is 315 Å². The van der Waals surface area contributed by atoms with Gasteiger partial charge in [0.25, 0.3) is 0 Å². The molecular weight excluding hydrogens is 653 g/mol. The first-order valence-corrected chi connectivity index (χ1v) is 18.5. The van der Waals surface area contributed by atoms with Crippen LogP contribution in [0.2, 0.25) is 0 Å². The fourth-order valence-corrected chi connectivity index (χ4v) is 8.01. The van der Waals surface area contributed by atoms with E-state index in [1.54, 1.807) is 0 Å². The van der Waals surface area contributed by atoms with Gasteiger partial charge in [0.05, 0.1) is 16.7 Å². The van der Waals surface area contributed by atoms with Crippen LogP contribution in [0, 0.1) is 0 Å². The fraction of sp³-hybridized carbons (Fsp3) is 0. The maximum absolute atomic E-state index is 2.40. The van der Waals surface area contributed by atoms with E-state index in [4.69, 9.17) is 0 Å². The number of aromatic nitrogens is 1. The first-order chi connectivity index (χ1) is 26.8. The SMILES string of the molecule is c1ccc(-c2ccc(N(c3ccc(-c4ccc(-n5c6ccccc6c6c7ccccc7ccc65)cc4)cc3)c3ccccc3-c3ccccc3)cc2)cc1. The van der Waals surface area contributed by atoms with Gasteiger partial charge in [-0.05, 0) is 93.2 Å². The Morgan fingerprint density at radius 1 is 0.315 bits per heavy atom. The molecule has 9 aromatic carbocycles. The number of nitrogens with zero attached hydrogens (tertiary/aromatic N) is 2. The molecule has 10 aromatic rings. The highest BCUT2D eigenvalue weighted by Gasteiger charge is 2.18. The molecule has 54 heavy (non-hydrogen) atoms. The van der Waals surface area contributed by atoms with Gasteiger partial charge in [-0.25, -0.2) is 0 Å². The van der Waals surface area contributed by atoms with Crippen LogP contribution in [0.3, 0.4) is 0 Å². The predicted molar refractivity (Wildman–Crippen MR) is 229 cm³/mol. The second-order valence-electron chi connectivity index (χ2n) is 13.8. The summed E-state index contributed by atoms with van der Waals surface area (Å²) in [6, 6.07) is 78.7. The van der Waals surface area contributed by atoms with E-state index in [-0.39, 0.29) is 0 Å². The van der Waals surface area contributed by atoms with Crippen LogP contribution in [0.5, 0.6) is 0 Å². The molecule has 0 atom stereocenters. The third-order valence-electron chi connectivity index (χ3n) is 10.6. The van der Waals surface area contributed by atoms with E-state index >= 15 is 0 Å². The van der Waals surface area contributed by atoms with Gasteiger partial charge in [0, 0.05) is 33.4 Å². The summed E-state index contributed by atoms with van der Waals surface area (Å²) in [7, 11) is 0. The zero-order valence-corrected chi connectivity index (χ0v) is 29.7. The molecule has 0 aliphatic heterocycles. The van der Waals surface area contributed by atoms with Crippen molar-refractivity contribution < 1.29 is 0 Å². The van der Waals surface area contributed by atoms with Crippen LogP contribution in [-0.2, 0) is 0 Å². The molecule has 1 heterocycles. The lowest BCUT2D eigenvalue weighted by Crippen LogP contribution is -2.11. The Bertz CT molecular complexity index is 2890. The summed E-state index contributed by atoms with van der Waals surface area (Å²) in [6.45, 7) is 0. The molecule has 0 radical (unpaired) electrons. The number of benzene rings is 9. The highest BCUT2D eigenvalue weighted by Crippen LogP contribution is 2.42. The van der Waals surface area contributed by atoms with Crippen LogP contribution >= 0.6 is 0 Å². The molecule has 1 aromatic heterocycles.